The van der Waals surface area contributed by atoms with Gasteiger partial charge in [-0.05, 0) is 43.7 Å². The minimum atomic E-state index is -1.57. The van der Waals surface area contributed by atoms with Crippen molar-refractivity contribution in [1.29, 1.82) is 0 Å². The molecule has 0 bridgehead atoms. The van der Waals surface area contributed by atoms with Gasteiger partial charge in [0.25, 0.3) is 0 Å². The molecular weight excluding hydrogens is 654 g/mol. The molecule has 2 aromatic carbocycles. The lowest BCUT2D eigenvalue weighted by Gasteiger charge is -2.22. The summed E-state index contributed by atoms with van der Waals surface area (Å²) in [6.07, 6.45) is -1.07. The average molecular weight is 698 g/mol. The number of rotatable bonds is 22. The second-order valence-electron chi connectivity index (χ2n) is 11.5. The first-order chi connectivity index (χ1) is 23.7. The highest BCUT2D eigenvalue weighted by Gasteiger charge is 2.27. The fraction of sp³-hybridized carbons (Fsp3) is 0.412. The number of ketones is 1. The third-order valence-corrected chi connectivity index (χ3v) is 7.44. The van der Waals surface area contributed by atoms with E-state index >= 15 is 0 Å². The highest BCUT2D eigenvalue weighted by Crippen LogP contribution is 2.08. The summed E-state index contributed by atoms with van der Waals surface area (Å²) < 4.78 is 0. The van der Waals surface area contributed by atoms with Crippen LogP contribution in [0.2, 0.25) is 0 Å². The van der Waals surface area contributed by atoms with Crippen molar-refractivity contribution in [2.45, 2.75) is 82.5 Å². The van der Waals surface area contributed by atoms with Crippen LogP contribution in [0.3, 0.4) is 0 Å². The molecule has 5 amide bonds. The first-order valence-corrected chi connectivity index (χ1v) is 15.9. The summed E-state index contributed by atoms with van der Waals surface area (Å²) in [4.78, 5) is 96.6. The van der Waals surface area contributed by atoms with E-state index in [2.05, 4.69) is 21.3 Å². The van der Waals surface area contributed by atoms with Crippen LogP contribution in [0, 0.1) is 0 Å². The number of benzene rings is 2. The van der Waals surface area contributed by atoms with Gasteiger partial charge >= 0.3 is 23.9 Å². The molecule has 0 saturated carbocycles. The SMILES string of the molecule is CC(=O)[C@H](Cc1ccccc1)NC(=O)[C@H](Cc1ccccc1)NC(=O)CCCNC(=O)CC[C@H](NC(=O)N[C@@H](CCC(=O)O)C(=O)O)C(=O)O. The summed E-state index contributed by atoms with van der Waals surface area (Å²) in [5, 5.41) is 39.4. The maximum Gasteiger partial charge on any atom is 0.326 e. The number of hydrogen-bond donors (Lipinski definition) is 8. The highest BCUT2D eigenvalue weighted by atomic mass is 16.4. The normalized spacial score (nSPS) is 13.0. The number of amides is 5. The maximum atomic E-state index is 13.3. The number of carbonyl (C=O) groups is 8. The van der Waals surface area contributed by atoms with Gasteiger partial charge in [-0.3, -0.25) is 24.0 Å². The van der Waals surface area contributed by atoms with Gasteiger partial charge in [0.1, 0.15) is 18.1 Å². The monoisotopic (exact) mass is 697 g/mol. The molecule has 0 aliphatic carbocycles. The van der Waals surface area contributed by atoms with Crippen LogP contribution in [-0.4, -0.2) is 93.5 Å². The number of aliphatic carboxylic acids is 3. The van der Waals surface area contributed by atoms with E-state index in [-0.39, 0.29) is 50.9 Å². The Kier molecular flexibility index (Phi) is 17.1. The summed E-state index contributed by atoms with van der Waals surface area (Å²) in [6.45, 7) is 1.42. The first kappa shape index (κ1) is 40.4. The molecule has 0 aromatic heterocycles. The van der Waals surface area contributed by atoms with Crippen molar-refractivity contribution < 1.29 is 53.7 Å². The van der Waals surface area contributed by atoms with Crippen LogP contribution in [0.1, 0.15) is 56.6 Å². The lowest BCUT2D eigenvalue weighted by Crippen LogP contribution is -2.52. The van der Waals surface area contributed by atoms with E-state index in [4.69, 9.17) is 10.2 Å². The van der Waals surface area contributed by atoms with Gasteiger partial charge < -0.3 is 41.9 Å². The molecule has 50 heavy (non-hydrogen) atoms. The Morgan fingerprint density at radius 2 is 1.08 bits per heavy atom. The van der Waals surface area contributed by atoms with E-state index in [0.29, 0.717) is 0 Å². The Balaban J connectivity index is 1.86. The van der Waals surface area contributed by atoms with Gasteiger partial charge in [-0.2, -0.15) is 0 Å². The fourth-order valence-electron chi connectivity index (χ4n) is 4.73. The van der Waals surface area contributed by atoms with Gasteiger partial charge in [-0.1, -0.05) is 60.7 Å². The van der Waals surface area contributed by atoms with Crippen molar-refractivity contribution >= 4 is 47.4 Å². The Labute approximate surface area is 288 Å². The molecule has 8 N–H and O–H groups in total. The molecule has 0 spiro atoms. The summed E-state index contributed by atoms with van der Waals surface area (Å²) in [5.74, 6) is -6.07. The van der Waals surface area contributed by atoms with Crippen LogP contribution >= 0.6 is 0 Å². The maximum absolute atomic E-state index is 13.3. The van der Waals surface area contributed by atoms with Crippen LogP contribution in [0.5, 0.6) is 0 Å². The number of urea groups is 1. The smallest absolute Gasteiger partial charge is 0.326 e. The van der Waals surface area contributed by atoms with Crippen LogP contribution < -0.4 is 26.6 Å². The first-order valence-electron chi connectivity index (χ1n) is 15.9. The van der Waals surface area contributed by atoms with Gasteiger partial charge in [0.2, 0.25) is 17.7 Å². The molecule has 270 valence electrons. The van der Waals surface area contributed by atoms with Crippen LogP contribution in [0.25, 0.3) is 0 Å². The molecule has 0 unspecified atom stereocenters. The molecule has 4 atom stereocenters. The molecule has 2 rings (SSSR count). The fourth-order valence-corrected chi connectivity index (χ4v) is 4.73. The second kappa shape index (κ2) is 21.2. The summed E-state index contributed by atoms with van der Waals surface area (Å²) in [5.41, 5.74) is 1.65. The zero-order chi connectivity index (χ0) is 37.1. The predicted octanol–water partition coefficient (Wildman–Crippen LogP) is 0.777. The van der Waals surface area contributed by atoms with Crippen LogP contribution in [-0.2, 0) is 46.4 Å². The number of carboxylic acids is 3. The molecule has 16 heteroatoms. The molecule has 16 nitrogen and oxygen atoms in total. The van der Waals surface area contributed by atoms with Crippen LogP contribution in [0.4, 0.5) is 4.79 Å². The average Bonchev–Trinajstić information content (AvgIpc) is 3.06. The van der Waals surface area contributed by atoms with E-state index < -0.39 is 78.7 Å². The van der Waals surface area contributed by atoms with Gasteiger partial charge in [0, 0.05) is 32.2 Å². The van der Waals surface area contributed by atoms with Crippen molar-refractivity contribution in [2.75, 3.05) is 6.54 Å². The number of carboxylic acid groups (broad SMARTS) is 3. The third-order valence-electron chi connectivity index (χ3n) is 7.44. The van der Waals surface area contributed by atoms with Gasteiger partial charge in [0.05, 0.1) is 6.04 Å². The van der Waals surface area contributed by atoms with E-state index in [1.54, 1.807) is 24.3 Å². The van der Waals surface area contributed by atoms with Gasteiger partial charge in [-0.15, -0.1) is 0 Å². The Bertz CT molecular complexity index is 1490. The standard InChI is InChI=1S/C34H43N5O11/c1-21(40)26(19-22-9-4-2-5-10-22)37-31(45)27(20-23-11-6-3-7-12-23)36-29(42)13-8-18-35-28(41)16-14-24(32(46)47)38-34(50)39-25(33(48)49)15-17-30(43)44/h2-7,9-12,24-27H,8,13-20H2,1H3,(H,35,41)(H,36,42)(H,37,45)(H,43,44)(H,46,47)(H,48,49)(H2,38,39,50)/t24-,25-,26-,27-/m0/s1. The zero-order valence-electron chi connectivity index (χ0n) is 27.6. The molecule has 0 aliphatic rings. The van der Waals surface area contributed by atoms with E-state index in [0.717, 1.165) is 11.1 Å². The summed E-state index contributed by atoms with van der Waals surface area (Å²) in [7, 11) is 0. The molecule has 0 aliphatic heterocycles. The lowest BCUT2D eigenvalue weighted by atomic mass is 10.0. The molecule has 2 aromatic rings. The van der Waals surface area contributed by atoms with Crippen molar-refractivity contribution in [3.8, 4) is 0 Å². The topological polar surface area (TPSA) is 257 Å². The van der Waals surface area contributed by atoms with Crippen molar-refractivity contribution in [2.24, 2.45) is 0 Å². The van der Waals surface area contributed by atoms with Crippen molar-refractivity contribution in [3.63, 3.8) is 0 Å². The van der Waals surface area contributed by atoms with E-state index in [1.165, 1.54) is 6.92 Å². The third kappa shape index (κ3) is 15.9. The molecule has 0 fully saturated rings. The molecular formula is C34H43N5O11. The summed E-state index contributed by atoms with van der Waals surface area (Å²) >= 11 is 0. The lowest BCUT2D eigenvalue weighted by molar-refractivity contribution is -0.141. The van der Waals surface area contributed by atoms with Gasteiger partial charge in [-0.25, -0.2) is 14.4 Å². The minimum absolute atomic E-state index is 0.0425. The molecule has 0 saturated heterocycles. The van der Waals surface area contributed by atoms with E-state index in [1.807, 2.05) is 41.7 Å². The van der Waals surface area contributed by atoms with Crippen molar-refractivity contribution in [1.82, 2.24) is 26.6 Å². The zero-order valence-corrected chi connectivity index (χ0v) is 27.6. The van der Waals surface area contributed by atoms with Gasteiger partial charge in [0.15, 0.2) is 5.78 Å². The Morgan fingerprint density at radius 1 is 0.580 bits per heavy atom. The van der Waals surface area contributed by atoms with Crippen LogP contribution in [0.15, 0.2) is 60.7 Å². The predicted molar refractivity (Wildman–Crippen MR) is 178 cm³/mol. The number of nitrogens with one attached hydrogen (secondary N) is 5. The van der Waals surface area contributed by atoms with Crippen molar-refractivity contribution in [3.05, 3.63) is 71.8 Å². The number of hydrogen-bond acceptors (Lipinski definition) is 8. The number of Topliss-reactive ketones (excluding diaryl/α,β-unsaturated/α-hetero) is 1. The second-order valence-corrected chi connectivity index (χ2v) is 11.5. The quantitative estimate of drug-likeness (QED) is 0.0798. The largest absolute Gasteiger partial charge is 0.481 e. The minimum Gasteiger partial charge on any atom is -0.481 e. The van der Waals surface area contributed by atoms with E-state index in [9.17, 15) is 43.5 Å². The highest BCUT2D eigenvalue weighted by molar-refractivity contribution is 5.92. The number of carbonyl (C=O) groups excluding carboxylic acids is 5. The Hall–Kier alpha value is -5.80. The Morgan fingerprint density at radius 3 is 1.56 bits per heavy atom. The molecule has 0 radical (unpaired) electrons. The summed E-state index contributed by atoms with van der Waals surface area (Å²) in [6, 6.07) is 12.1. The molecule has 0 heterocycles.